The van der Waals surface area contributed by atoms with E-state index in [9.17, 15) is 9.59 Å². The van der Waals surface area contributed by atoms with Crippen LogP contribution in [0.4, 0.5) is 11.4 Å². The van der Waals surface area contributed by atoms with Crippen LogP contribution >= 0.6 is 0 Å². The summed E-state index contributed by atoms with van der Waals surface area (Å²) in [6.45, 7) is 7.63. The van der Waals surface area contributed by atoms with Crippen LogP contribution in [0.25, 0.3) is 0 Å². The van der Waals surface area contributed by atoms with Gasteiger partial charge in [0.25, 0.3) is 5.91 Å². The van der Waals surface area contributed by atoms with E-state index in [2.05, 4.69) is 29.4 Å². The molecule has 0 aliphatic carbocycles. The molecule has 1 saturated heterocycles. The molecule has 2 atom stereocenters. The molecule has 1 fully saturated rings. The standard InChI is InChI=1S/C22H27N3O3/c1-15-6-4-5-7-20(15)22(27)23-12-21(26)24-18-8-10-19(11-9-18)25-13-16(2)28-17(3)14-25/h4-11,16-17H,12-14H2,1-3H3,(H,23,27)(H,24,26). The number of nitrogens with one attached hydrogen (secondary N) is 2. The molecule has 1 aliphatic heterocycles. The number of carbonyl (C=O) groups is 2. The van der Waals surface area contributed by atoms with Gasteiger partial charge in [-0.1, -0.05) is 18.2 Å². The fourth-order valence-electron chi connectivity index (χ4n) is 3.43. The Balaban J connectivity index is 1.52. The Morgan fingerprint density at radius 3 is 2.32 bits per heavy atom. The zero-order valence-electron chi connectivity index (χ0n) is 16.6. The topological polar surface area (TPSA) is 70.7 Å². The van der Waals surface area contributed by atoms with E-state index in [4.69, 9.17) is 4.74 Å². The van der Waals surface area contributed by atoms with Gasteiger partial charge >= 0.3 is 0 Å². The van der Waals surface area contributed by atoms with Crippen LogP contribution in [-0.2, 0) is 9.53 Å². The van der Waals surface area contributed by atoms with Crippen LogP contribution < -0.4 is 15.5 Å². The monoisotopic (exact) mass is 381 g/mol. The molecule has 0 radical (unpaired) electrons. The highest BCUT2D eigenvalue weighted by Gasteiger charge is 2.22. The van der Waals surface area contributed by atoms with Crippen molar-refractivity contribution in [2.75, 3.05) is 29.9 Å². The number of morpholine rings is 1. The highest BCUT2D eigenvalue weighted by Crippen LogP contribution is 2.22. The van der Waals surface area contributed by atoms with Crippen LogP contribution in [0.3, 0.4) is 0 Å². The molecular formula is C22H27N3O3. The Hall–Kier alpha value is -2.86. The van der Waals surface area contributed by atoms with Crippen molar-refractivity contribution < 1.29 is 14.3 Å². The predicted octanol–water partition coefficient (Wildman–Crippen LogP) is 2.98. The third-order valence-electron chi connectivity index (χ3n) is 4.74. The van der Waals surface area contributed by atoms with Gasteiger partial charge in [0.2, 0.25) is 5.91 Å². The summed E-state index contributed by atoms with van der Waals surface area (Å²) in [5, 5.41) is 5.47. The van der Waals surface area contributed by atoms with Gasteiger partial charge in [-0.3, -0.25) is 9.59 Å². The number of carbonyl (C=O) groups excluding carboxylic acids is 2. The van der Waals surface area contributed by atoms with Crippen molar-refractivity contribution >= 4 is 23.2 Å². The number of anilines is 2. The van der Waals surface area contributed by atoms with Gasteiger partial charge in [-0.15, -0.1) is 0 Å². The Kier molecular flexibility index (Phi) is 6.31. The van der Waals surface area contributed by atoms with E-state index in [0.29, 0.717) is 11.3 Å². The molecule has 6 heteroatoms. The van der Waals surface area contributed by atoms with Gasteiger partial charge in [0.05, 0.1) is 18.8 Å². The molecule has 2 unspecified atom stereocenters. The number of rotatable bonds is 5. The average Bonchev–Trinajstić information content (AvgIpc) is 2.66. The van der Waals surface area contributed by atoms with Crippen LogP contribution in [0.5, 0.6) is 0 Å². The highest BCUT2D eigenvalue weighted by molar-refractivity contribution is 6.00. The zero-order valence-corrected chi connectivity index (χ0v) is 16.6. The molecule has 3 rings (SSSR count). The van der Waals surface area contributed by atoms with E-state index in [1.54, 1.807) is 12.1 Å². The average molecular weight is 381 g/mol. The maximum absolute atomic E-state index is 12.2. The largest absolute Gasteiger partial charge is 0.372 e. The molecule has 0 saturated carbocycles. The summed E-state index contributed by atoms with van der Waals surface area (Å²) < 4.78 is 5.77. The van der Waals surface area contributed by atoms with Crippen molar-refractivity contribution in [2.45, 2.75) is 33.0 Å². The summed E-state index contributed by atoms with van der Waals surface area (Å²) in [6, 6.07) is 15.0. The molecule has 6 nitrogen and oxygen atoms in total. The third kappa shape index (κ3) is 5.10. The van der Waals surface area contributed by atoms with Crippen LogP contribution in [0.2, 0.25) is 0 Å². The third-order valence-corrected chi connectivity index (χ3v) is 4.74. The Morgan fingerprint density at radius 2 is 1.68 bits per heavy atom. The van der Waals surface area contributed by atoms with E-state index in [1.807, 2.05) is 43.3 Å². The van der Waals surface area contributed by atoms with Gasteiger partial charge in [0, 0.05) is 30.0 Å². The van der Waals surface area contributed by atoms with E-state index >= 15 is 0 Å². The SMILES string of the molecule is Cc1ccccc1C(=O)NCC(=O)Nc1ccc(N2CC(C)OC(C)C2)cc1. The van der Waals surface area contributed by atoms with E-state index in [0.717, 1.165) is 24.3 Å². The second-order valence-corrected chi connectivity index (χ2v) is 7.25. The van der Waals surface area contributed by atoms with Crippen molar-refractivity contribution in [1.29, 1.82) is 0 Å². The molecule has 2 amide bonds. The summed E-state index contributed by atoms with van der Waals surface area (Å²) in [5.74, 6) is -0.512. The number of aryl methyl sites for hydroxylation is 1. The fourth-order valence-corrected chi connectivity index (χ4v) is 3.43. The highest BCUT2D eigenvalue weighted by atomic mass is 16.5. The molecule has 0 aromatic heterocycles. The molecule has 148 valence electrons. The van der Waals surface area contributed by atoms with Crippen molar-refractivity contribution in [3.8, 4) is 0 Å². The second-order valence-electron chi connectivity index (χ2n) is 7.25. The molecule has 2 aromatic carbocycles. The summed E-state index contributed by atoms with van der Waals surface area (Å²) in [4.78, 5) is 26.6. The van der Waals surface area contributed by atoms with Gasteiger partial charge in [0.15, 0.2) is 0 Å². The Bertz CT molecular complexity index is 825. The lowest BCUT2D eigenvalue weighted by molar-refractivity contribution is -0.115. The number of amides is 2. The van der Waals surface area contributed by atoms with Crippen LogP contribution in [-0.4, -0.2) is 43.7 Å². The number of nitrogens with zero attached hydrogens (tertiary/aromatic N) is 1. The smallest absolute Gasteiger partial charge is 0.251 e. The van der Waals surface area contributed by atoms with Crippen molar-refractivity contribution in [1.82, 2.24) is 5.32 Å². The minimum Gasteiger partial charge on any atom is -0.372 e. The number of ether oxygens (including phenoxy) is 1. The van der Waals surface area contributed by atoms with Crippen LogP contribution in [0, 0.1) is 6.92 Å². The number of hydrogen-bond acceptors (Lipinski definition) is 4. The lowest BCUT2D eigenvalue weighted by atomic mass is 10.1. The molecule has 0 spiro atoms. The Labute approximate surface area is 165 Å². The summed E-state index contributed by atoms with van der Waals surface area (Å²) >= 11 is 0. The van der Waals surface area contributed by atoms with Gasteiger partial charge in [-0.25, -0.2) is 0 Å². The molecule has 1 heterocycles. The van der Waals surface area contributed by atoms with Gasteiger partial charge in [-0.05, 0) is 56.7 Å². The first-order valence-electron chi connectivity index (χ1n) is 9.56. The maximum Gasteiger partial charge on any atom is 0.251 e. The molecule has 2 N–H and O–H groups in total. The molecule has 0 bridgehead atoms. The fraction of sp³-hybridized carbons (Fsp3) is 0.364. The predicted molar refractivity (Wildman–Crippen MR) is 111 cm³/mol. The zero-order chi connectivity index (χ0) is 20.1. The minimum atomic E-state index is -0.261. The van der Waals surface area contributed by atoms with E-state index in [-0.39, 0.29) is 30.6 Å². The molecule has 2 aromatic rings. The van der Waals surface area contributed by atoms with Gasteiger partial charge < -0.3 is 20.3 Å². The number of benzene rings is 2. The summed E-state index contributed by atoms with van der Waals surface area (Å²) in [7, 11) is 0. The lowest BCUT2D eigenvalue weighted by Crippen LogP contribution is -2.45. The second kappa shape index (κ2) is 8.89. The quantitative estimate of drug-likeness (QED) is 0.835. The molecule has 1 aliphatic rings. The lowest BCUT2D eigenvalue weighted by Gasteiger charge is -2.36. The van der Waals surface area contributed by atoms with E-state index in [1.165, 1.54) is 0 Å². The van der Waals surface area contributed by atoms with Crippen LogP contribution in [0.1, 0.15) is 29.8 Å². The Morgan fingerprint density at radius 1 is 1.04 bits per heavy atom. The first-order valence-corrected chi connectivity index (χ1v) is 9.56. The number of hydrogen-bond donors (Lipinski definition) is 2. The summed E-state index contributed by atoms with van der Waals surface area (Å²) in [5.41, 5.74) is 3.26. The maximum atomic E-state index is 12.2. The van der Waals surface area contributed by atoms with Crippen molar-refractivity contribution in [3.63, 3.8) is 0 Å². The normalized spacial score (nSPS) is 19.2. The van der Waals surface area contributed by atoms with E-state index < -0.39 is 0 Å². The van der Waals surface area contributed by atoms with Crippen molar-refractivity contribution in [2.24, 2.45) is 0 Å². The van der Waals surface area contributed by atoms with Gasteiger partial charge in [0.1, 0.15) is 0 Å². The first kappa shape index (κ1) is 19.9. The van der Waals surface area contributed by atoms with Crippen LogP contribution in [0.15, 0.2) is 48.5 Å². The first-order chi connectivity index (χ1) is 13.4. The summed E-state index contributed by atoms with van der Waals surface area (Å²) in [6.07, 6.45) is 0.389. The molecule has 28 heavy (non-hydrogen) atoms. The van der Waals surface area contributed by atoms with Crippen molar-refractivity contribution in [3.05, 3.63) is 59.7 Å². The van der Waals surface area contributed by atoms with Gasteiger partial charge in [-0.2, -0.15) is 0 Å². The molecular weight excluding hydrogens is 354 g/mol. The minimum absolute atomic E-state index is 0.0760.